The number of hydroxylamine groups is 1. The Labute approximate surface area is 146 Å². The van der Waals surface area contributed by atoms with E-state index >= 15 is 0 Å². The van der Waals surface area contributed by atoms with Gasteiger partial charge in [-0.05, 0) is 18.2 Å². The summed E-state index contributed by atoms with van der Waals surface area (Å²) in [5.74, 6) is -0.886. The highest BCUT2D eigenvalue weighted by Gasteiger charge is 2.16. The topological polar surface area (TPSA) is 83.4 Å². The lowest BCUT2D eigenvalue weighted by atomic mass is 10.2. The van der Waals surface area contributed by atoms with E-state index in [0.717, 1.165) is 22.2 Å². The van der Waals surface area contributed by atoms with Gasteiger partial charge in [0.05, 0.1) is 11.6 Å². The van der Waals surface area contributed by atoms with Crippen molar-refractivity contribution in [1.29, 1.82) is 0 Å². The van der Waals surface area contributed by atoms with Gasteiger partial charge in [-0.15, -0.1) is 11.3 Å². The van der Waals surface area contributed by atoms with Crippen LogP contribution in [0.2, 0.25) is 5.02 Å². The Morgan fingerprint density at radius 3 is 2.71 bits per heavy atom. The van der Waals surface area contributed by atoms with Crippen LogP contribution in [0.25, 0.3) is 10.9 Å². The molecule has 124 valence electrons. The number of nitrogens with zero attached hydrogens (tertiary/aromatic N) is 1. The first-order valence-electron chi connectivity index (χ1n) is 7.06. The smallest absolute Gasteiger partial charge is 0.286 e. The number of carbonyl (C=O) groups is 2. The average Bonchev–Trinajstić information content (AvgIpc) is 3.13. The Bertz CT molecular complexity index is 932. The van der Waals surface area contributed by atoms with Gasteiger partial charge < -0.3 is 9.88 Å². The molecule has 0 fully saturated rings. The average molecular weight is 364 g/mol. The molecular weight excluding hydrogens is 350 g/mol. The second-order valence-electron chi connectivity index (χ2n) is 5.16. The predicted octanol–water partition coefficient (Wildman–Crippen LogP) is 2.94. The molecule has 0 saturated carbocycles. The maximum atomic E-state index is 12.4. The Morgan fingerprint density at radius 1 is 1.25 bits per heavy atom. The van der Waals surface area contributed by atoms with Crippen LogP contribution in [0.15, 0.2) is 36.4 Å². The molecule has 1 aromatic carbocycles. The van der Waals surface area contributed by atoms with Gasteiger partial charge in [-0.25, -0.2) is 5.48 Å². The van der Waals surface area contributed by atoms with Crippen molar-refractivity contribution in [2.75, 3.05) is 0 Å². The van der Waals surface area contributed by atoms with Crippen molar-refractivity contribution in [3.05, 3.63) is 56.9 Å². The second kappa shape index (κ2) is 6.64. The zero-order valence-corrected chi connectivity index (χ0v) is 14.2. The van der Waals surface area contributed by atoms with E-state index in [9.17, 15) is 9.59 Å². The predicted molar refractivity (Wildman–Crippen MR) is 92.7 cm³/mol. The zero-order chi connectivity index (χ0) is 17.3. The molecule has 0 saturated heterocycles. The van der Waals surface area contributed by atoms with E-state index in [1.165, 1.54) is 0 Å². The summed E-state index contributed by atoms with van der Waals surface area (Å²) in [4.78, 5) is 24.8. The number of fused-ring (bicyclic) bond motifs is 1. The van der Waals surface area contributed by atoms with Crippen LogP contribution in [0.5, 0.6) is 0 Å². The van der Waals surface area contributed by atoms with Gasteiger partial charge in [0, 0.05) is 22.8 Å². The molecule has 0 aliphatic rings. The molecule has 8 heteroatoms. The highest BCUT2D eigenvalue weighted by Crippen LogP contribution is 2.27. The summed E-state index contributed by atoms with van der Waals surface area (Å²) in [7, 11) is 1.84. The van der Waals surface area contributed by atoms with Crippen molar-refractivity contribution < 1.29 is 14.8 Å². The zero-order valence-electron chi connectivity index (χ0n) is 12.7. The lowest BCUT2D eigenvalue weighted by molar-refractivity contribution is 0.0711. The fraction of sp³-hybridized carbons (Fsp3) is 0.125. The number of aromatic nitrogens is 1. The van der Waals surface area contributed by atoms with Gasteiger partial charge in [-0.2, -0.15) is 0 Å². The number of amides is 2. The van der Waals surface area contributed by atoms with E-state index < -0.39 is 5.91 Å². The lowest BCUT2D eigenvalue weighted by Gasteiger charge is -2.05. The van der Waals surface area contributed by atoms with Gasteiger partial charge in [0.15, 0.2) is 0 Å². The molecule has 3 N–H and O–H groups in total. The van der Waals surface area contributed by atoms with E-state index in [4.69, 9.17) is 16.8 Å². The molecule has 0 spiro atoms. The SMILES string of the molecule is Cn1c(C(=O)NCc2cc(Cl)c(C(=O)NO)s2)cc2ccccc21. The number of nitrogens with one attached hydrogen (secondary N) is 2. The second-order valence-corrected chi connectivity index (χ2v) is 6.70. The maximum Gasteiger partial charge on any atom is 0.286 e. The number of halogens is 1. The number of carbonyl (C=O) groups excluding carboxylic acids is 2. The van der Waals surface area contributed by atoms with Crippen LogP contribution < -0.4 is 10.8 Å². The van der Waals surface area contributed by atoms with Gasteiger partial charge in [0.25, 0.3) is 11.8 Å². The Hall–Kier alpha value is -2.35. The van der Waals surface area contributed by atoms with Crippen LogP contribution >= 0.6 is 22.9 Å². The monoisotopic (exact) mass is 363 g/mol. The molecule has 3 rings (SSSR count). The third kappa shape index (κ3) is 3.01. The Morgan fingerprint density at radius 2 is 2.00 bits per heavy atom. The fourth-order valence-electron chi connectivity index (χ4n) is 2.47. The quantitative estimate of drug-likeness (QED) is 0.492. The van der Waals surface area contributed by atoms with Crippen molar-refractivity contribution in [2.45, 2.75) is 6.54 Å². The number of hydrogen-bond acceptors (Lipinski definition) is 4. The van der Waals surface area contributed by atoms with Gasteiger partial charge in [0.2, 0.25) is 0 Å². The van der Waals surface area contributed by atoms with E-state index in [2.05, 4.69) is 5.32 Å². The van der Waals surface area contributed by atoms with E-state index in [-0.39, 0.29) is 22.4 Å². The van der Waals surface area contributed by atoms with Crippen LogP contribution in [0.3, 0.4) is 0 Å². The molecule has 0 radical (unpaired) electrons. The third-order valence-electron chi connectivity index (χ3n) is 3.65. The van der Waals surface area contributed by atoms with Crippen LogP contribution in [0.1, 0.15) is 25.0 Å². The van der Waals surface area contributed by atoms with E-state index in [1.54, 1.807) is 11.5 Å². The molecule has 2 heterocycles. The maximum absolute atomic E-state index is 12.4. The molecule has 2 aromatic heterocycles. The molecule has 3 aromatic rings. The molecule has 24 heavy (non-hydrogen) atoms. The van der Waals surface area contributed by atoms with Crippen molar-refractivity contribution >= 4 is 45.7 Å². The number of benzene rings is 1. The highest BCUT2D eigenvalue weighted by atomic mass is 35.5. The van der Waals surface area contributed by atoms with Crippen molar-refractivity contribution in [3.63, 3.8) is 0 Å². The van der Waals surface area contributed by atoms with E-state index in [0.29, 0.717) is 10.6 Å². The van der Waals surface area contributed by atoms with Crippen LogP contribution in [-0.2, 0) is 13.6 Å². The standard InChI is InChI=1S/C16H14ClN3O3S/c1-20-12-5-3-2-4-9(12)6-13(20)15(21)18-8-10-7-11(17)14(24-10)16(22)19-23/h2-7,23H,8H2,1H3,(H,18,21)(H,19,22). The third-order valence-corrected chi connectivity index (χ3v) is 5.20. The van der Waals surface area contributed by atoms with Crippen LogP contribution in [0, 0.1) is 0 Å². The molecule has 0 aliphatic carbocycles. The van der Waals surface area contributed by atoms with Crippen molar-refractivity contribution in [2.24, 2.45) is 7.05 Å². The minimum absolute atomic E-state index is 0.202. The minimum atomic E-state index is -0.670. The Kier molecular flexibility index (Phi) is 4.57. The van der Waals surface area contributed by atoms with Crippen molar-refractivity contribution in [3.8, 4) is 0 Å². The molecular formula is C16H14ClN3O3S. The number of para-hydroxylation sites is 1. The summed E-state index contributed by atoms with van der Waals surface area (Å²) in [6, 6.07) is 11.2. The highest BCUT2D eigenvalue weighted by molar-refractivity contribution is 7.14. The first kappa shape index (κ1) is 16.5. The fourth-order valence-corrected chi connectivity index (χ4v) is 3.75. The lowest BCUT2D eigenvalue weighted by Crippen LogP contribution is -2.24. The van der Waals surface area contributed by atoms with Crippen LogP contribution in [-0.4, -0.2) is 21.6 Å². The number of thiophene rings is 1. The Balaban J connectivity index is 1.75. The molecule has 0 aliphatic heterocycles. The van der Waals surface area contributed by atoms with E-state index in [1.807, 2.05) is 41.9 Å². The van der Waals surface area contributed by atoms with Gasteiger partial charge in [-0.1, -0.05) is 29.8 Å². The normalized spacial score (nSPS) is 10.8. The number of hydrogen-bond donors (Lipinski definition) is 3. The summed E-state index contributed by atoms with van der Waals surface area (Å²) in [5, 5.41) is 12.7. The summed E-state index contributed by atoms with van der Waals surface area (Å²) in [6.45, 7) is 0.240. The van der Waals surface area contributed by atoms with Gasteiger partial charge >= 0.3 is 0 Å². The number of aryl methyl sites for hydroxylation is 1. The summed E-state index contributed by atoms with van der Waals surface area (Å²) in [6.07, 6.45) is 0. The van der Waals surface area contributed by atoms with Gasteiger partial charge in [-0.3, -0.25) is 14.8 Å². The van der Waals surface area contributed by atoms with Gasteiger partial charge in [0.1, 0.15) is 10.6 Å². The summed E-state index contributed by atoms with van der Waals surface area (Å²) in [5.41, 5.74) is 3.07. The molecule has 0 bridgehead atoms. The number of rotatable bonds is 4. The molecule has 0 atom stereocenters. The summed E-state index contributed by atoms with van der Waals surface area (Å²) >= 11 is 7.06. The molecule has 6 nitrogen and oxygen atoms in total. The first-order chi connectivity index (χ1) is 11.5. The molecule has 0 unspecified atom stereocenters. The minimum Gasteiger partial charge on any atom is -0.346 e. The summed E-state index contributed by atoms with van der Waals surface area (Å²) < 4.78 is 1.83. The molecule has 2 amide bonds. The van der Waals surface area contributed by atoms with Crippen molar-refractivity contribution in [1.82, 2.24) is 15.4 Å². The van der Waals surface area contributed by atoms with Crippen LogP contribution in [0.4, 0.5) is 0 Å². The first-order valence-corrected chi connectivity index (χ1v) is 8.26. The largest absolute Gasteiger partial charge is 0.346 e.